The van der Waals surface area contributed by atoms with Gasteiger partial charge in [0.15, 0.2) is 0 Å². The van der Waals surface area contributed by atoms with Crippen molar-refractivity contribution < 1.29 is 14.3 Å². The fourth-order valence-electron chi connectivity index (χ4n) is 3.05. The van der Waals surface area contributed by atoms with Gasteiger partial charge in [-0.15, -0.1) is 0 Å². The third-order valence-electron chi connectivity index (χ3n) is 4.28. The summed E-state index contributed by atoms with van der Waals surface area (Å²) in [5.41, 5.74) is 1.52. The van der Waals surface area contributed by atoms with Crippen molar-refractivity contribution in [2.75, 3.05) is 43.1 Å². The number of para-hydroxylation sites is 2. The molecule has 1 aliphatic heterocycles. The van der Waals surface area contributed by atoms with E-state index in [2.05, 4.69) is 10.2 Å². The molecule has 0 bridgehead atoms. The fourth-order valence-corrected chi connectivity index (χ4v) is 3.05. The highest BCUT2D eigenvalue weighted by Crippen LogP contribution is 2.26. The number of hydrogen-bond acceptors (Lipinski definition) is 4. The van der Waals surface area contributed by atoms with Crippen LogP contribution in [0.5, 0.6) is 0 Å². The highest BCUT2D eigenvalue weighted by atomic mass is 16.5. The van der Waals surface area contributed by atoms with Crippen LogP contribution in [-0.4, -0.2) is 55.1 Å². The third-order valence-corrected chi connectivity index (χ3v) is 4.28. The molecule has 1 N–H and O–H groups in total. The molecule has 6 heteroatoms. The molecule has 1 heterocycles. The lowest BCUT2D eigenvalue weighted by Crippen LogP contribution is -2.45. The van der Waals surface area contributed by atoms with E-state index in [4.69, 9.17) is 4.74 Å². The van der Waals surface area contributed by atoms with Crippen LogP contribution in [0.3, 0.4) is 0 Å². The third kappa shape index (κ3) is 5.46. The van der Waals surface area contributed by atoms with E-state index in [-0.39, 0.29) is 23.8 Å². The molecule has 0 radical (unpaired) electrons. The molecular weight excluding hydrogens is 318 g/mol. The first-order chi connectivity index (χ1) is 11.8. The molecule has 1 saturated heterocycles. The van der Waals surface area contributed by atoms with E-state index in [1.165, 1.54) is 6.92 Å². The average Bonchev–Trinajstić information content (AvgIpc) is 2.54. The second kappa shape index (κ2) is 8.34. The van der Waals surface area contributed by atoms with Gasteiger partial charge in [0.2, 0.25) is 11.8 Å². The number of morpholine rings is 1. The minimum Gasteiger partial charge on any atom is -0.378 e. The van der Waals surface area contributed by atoms with Crippen LogP contribution in [0.4, 0.5) is 11.4 Å². The van der Waals surface area contributed by atoms with Gasteiger partial charge in [0.25, 0.3) is 0 Å². The maximum atomic E-state index is 12.4. The van der Waals surface area contributed by atoms with Gasteiger partial charge in [-0.1, -0.05) is 12.1 Å². The number of carbonyl (C=O) groups excluding carboxylic acids is 2. The van der Waals surface area contributed by atoms with Gasteiger partial charge in [0.05, 0.1) is 24.6 Å². The van der Waals surface area contributed by atoms with Crippen LogP contribution in [0.15, 0.2) is 24.3 Å². The normalized spacial score (nSPS) is 15.0. The van der Waals surface area contributed by atoms with Gasteiger partial charge in [-0.05, 0) is 32.9 Å². The lowest BCUT2D eigenvalue weighted by Gasteiger charge is -2.35. The summed E-state index contributed by atoms with van der Waals surface area (Å²) in [6.45, 7) is 10.9. The van der Waals surface area contributed by atoms with E-state index in [0.717, 1.165) is 24.5 Å². The van der Waals surface area contributed by atoms with Gasteiger partial charge in [0.1, 0.15) is 0 Å². The van der Waals surface area contributed by atoms with Crippen LogP contribution in [-0.2, 0) is 14.3 Å². The zero-order valence-electron chi connectivity index (χ0n) is 15.7. The van der Waals surface area contributed by atoms with Crippen molar-refractivity contribution >= 4 is 23.2 Å². The Kier molecular flexibility index (Phi) is 6.42. The Labute approximate surface area is 150 Å². The summed E-state index contributed by atoms with van der Waals surface area (Å²) in [4.78, 5) is 28.1. The van der Waals surface area contributed by atoms with Crippen molar-refractivity contribution in [3.05, 3.63) is 24.3 Å². The SMILES string of the molecule is CC(=O)N(CCC(=O)Nc1ccccc1N1CCOCC1)C(C)(C)C. The maximum absolute atomic E-state index is 12.4. The van der Waals surface area contributed by atoms with Crippen LogP contribution < -0.4 is 10.2 Å². The summed E-state index contributed by atoms with van der Waals surface area (Å²) >= 11 is 0. The topological polar surface area (TPSA) is 61.9 Å². The number of carbonyl (C=O) groups is 2. The molecule has 2 rings (SSSR count). The van der Waals surface area contributed by atoms with E-state index >= 15 is 0 Å². The molecule has 1 aromatic carbocycles. The van der Waals surface area contributed by atoms with Gasteiger partial charge < -0.3 is 19.9 Å². The summed E-state index contributed by atoms with van der Waals surface area (Å²) in [6, 6.07) is 7.81. The molecule has 1 fully saturated rings. The average molecular weight is 347 g/mol. The summed E-state index contributed by atoms with van der Waals surface area (Å²) in [7, 11) is 0. The van der Waals surface area contributed by atoms with Gasteiger partial charge in [-0.3, -0.25) is 9.59 Å². The molecule has 1 aliphatic rings. The Balaban J connectivity index is 2.00. The second-order valence-electron chi connectivity index (χ2n) is 7.26. The lowest BCUT2D eigenvalue weighted by molar-refractivity contribution is -0.134. The van der Waals surface area contributed by atoms with E-state index in [9.17, 15) is 9.59 Å². The van der Waals surface area contributed by atoms with E-state index in [1.807, 2.05) is 45.0 Å². The zero-order valence-corrected chi connectivity index (χ0v) is 15.7. The van der Waals surface area contributed by atoms with Gasteiger partial charge in [-0.2, -0.15) is 0 Å². The smallest absolute Gasteiger partial charge is 0.226 e. The number of rotatable bonds is 5. The van der Waals surface area contributed by atoms with Gasteiger partial charge in [-0.25, -0.2) is 0 Å². The lowest BCUT2D eigenvalue weighted by atomic mass is 10.1. The second-order valence-corrected chi connectivity index (χ2v) is 7.26. The molecule has 6 nitrogen and oxygen atoms in total. The summed E-state index contributed by atoms with van der Waals surface area (Å²) < 4.78 is 5.39. The van der Waals surface area contributed by atoms with Crippen molar-refractivity contribution in [3.63, 3.8) is 0 Å². The number of hydrogen-bond donors (Lipinski definition) is 1. The molecule has 0 aliphatic carbocycles. The van der Waals surface area contributed by atoms with Crippen molar-refractivity contribution in [1.29, 1.82) is 0 Å². The predicted octanol–water partition coefficient (Wildman–Crippen LogP) is 2.50. The molecule has 0 saturated carbocycles. The molecule has 2 amide bonds. The van der Waals surface area contributed by atoms with Crippen LogP contribution in [0, 0.1) is 0 Å². The van der Waals surface area contributed by atoms with E-state index in [0.29, 0.717) is 19.8 Å². The molecule has 1 aromatic rings. The van der Waals surface area contributed by atoms with Crippen molar-refractivity contribution in [3.8, 4) is 0 Å². The summed E-state index contributed by atoms with van der Waals surface area (Å²) in [6.07, 6.45) is 0.272. The summed E-state index contributed by atoms with van der Waals surface area (Å²) in [5.74, 6) is -0.106. The van der Waals surface area contributed by atoms with E-state index < -0.39 is 0 Å². The number of benzene rings is 1. The van der Waals surface area contributed by atoms with E-state index in [1.54, 1.807) is 4.90 Å². The molecule has 138 valence electrons. The predicted molar refractivity (Wildman–Crippen MR) is 99.9 cm³/mol. The quantitative estimate of drug-likeness (QED) is 0.889. The van der Waals surface area contributed by atoms with Crippen LogP contribution >= 0.6 is 0 Å². The Morgan fingerprint density at radius 3 is 2.44 bits per heavy atom. The molecule has 25 heavy (non-hydrogen) atoms. The number of anilines is 2. The standard InChI is InChI=1S/C19H29N3O3/c1-15(23)22(19(2,3)4)10-9-18(24)20-16-7-5-6-8-17(16)21-11-13-25-14-12-21/h5-8H,9-14H2,1-4H3,(H,20,24). The Morgan fingerprint density at radius 1 is 1.20 bits per heavy atom. The highest BCUT2D eigenvalue weighted by molar-refractivity contribution is 5.94. The zero-order chi connectivity index (χ0) is 18.4. The van der Waals surface area contributed by atoms with Crippen LogP contribution in [0.25, 0.3) is 0 Å². The van der Waals surface area contributed by atoms with Crippen LogP contribution in [0.2, 0.25) is 0 Å². The largest absolute Gasteiger partial charge is 0.378 e. The van der Waals surface area contributed by atoms with Crippen LogP contribution in [0.1, 0.15) is 34.1 Å². The van der Waals surface area contributed by atoms with Crippen molar-refractivity contribution in [2.24, 2.45) is 0 Å². The van der Waals surface area contributed by atoms with Crippen molar-refractivity contribution in [1.82, 2.24) is 4.90 Å². The minimum atomic E-state index is -0.294. The molecule has 0 aromatic heterocycles. The number of nitrogens with zero attached hydrogens (tertiary/aromatic N) is 2. The highest BCUT2D eigenvalue weighted by Gasteiger charge is 2.24. The fraction of sp³-hybridized carbons (Fsp3) is 0.579. The maximum Gasteiger partial charge on any atom is 0.226 e. The number of amides is 2. The molecular formula is C19H29N3O3. The monoisotopic (exact) mass is 347 g/mol. The van der Waals surface area contributed by atoms with Gasteiger partial charge >= 0.3 is 0 Å². The van der Waals surface area contributed by atoms with Crippen molar-refractivity contribution in [2.45, 2.75) is 39.7 Å². The Bertz CT molecular complexity index is 604. The molecule has 0 spiro atoms. The minimum absolute atomic E-state index is 0.0194. The number of nitrogens with one attached hydrogen (secondary N) is 1. The first-order valence-electron chi connectivity index (χ1n) is 8.79. The Morgan fingerprint density at radius 2 is 1.84 bits per heavy atom. The van der Waals surface area contributed by atoms with Gasteiger partial charge in [0, 0.05) is 38.5 Å². The summed E-state index contributed by atoms with van der Waals surface area (Å²) in [5, 5.41) is 2.99. The number of ether oxygens (including phenoxy) is 1. The molecule has 0 unspecified atom stereocenters. The Hall–Kier alpha value is -2.08. The first-order valence-corrected chi connectivity index (χ1v) is 8.79. The first kappa shape index (κ1) is 19.2. The molecule has 0 atom stereocenters.